The molecule has 1 amide bonds. The van der Waals surface area contributed by atoms with Gasteiger partial charge in [0.15, 0.2) is 11.0 Å². The number of rotatable bonds is 8. The Kier molecular flexibility index (Phi) is 6.70. The number of aromatic nitrogens is 3. The molecule has 1 aromatic heterocycles. The van der Waals surface area contributed by atoms with Crippen molar-refractivity contribution in [3.05, 3.63) is 67.3 Å². The summed E-state index contributed by atoms with van der Waals surface area (Å²) in [5.74, 6) is 0.446. The van der Waals surface area contributed by atoms with Gasteiger partial charge in [-0.25, -0.2) is 13.6 Å². The smallest absolute Gasteiger partial charge is 0.238 e. The Morgan fingerprint density at radius 1 is 1.20 bits per heavy atom. The van der Waals surface area contributed by atoms with Crippen LogP contribution in [0.1, 0.15) is 6.92 Å². The lowest BCUT2D eigenvalue weighted by Crippen LogP contribution is -2.23. The molecule has 8 nitrogen and oxygen atoms in total. The van der Waals surface area contributed by atoms with Crippen LogP contribution >= 0.6 is 11.8 Å². The molecule has 0 aliphatic rings. The van der Waals surface area contributed by atoms with Gasteiger partial charge in [-0.1, -0.05) is 48.2 Å². The Bertz CT molecular complexity index is 1140. The van der Waals surface area contributed by atoms with Gasteiger partial charge in [0.1, 0.15) is 0 Å². The van der Waals surface area contributed by atoms with E-state index in [1.165, 1.54) is 36.0 Å². The Labute approximate surface area is 179 Å². The first-order valence-electron chi connectivity index (χ1n) is 8.99. The minimum Gasteiger partial charge on any atom is -0.325 e. The van der Waals surface area contributed by atoms with Crippen molar-refractivity contribution in [1.29, 1.82) is 0 Å². The van der Waals surface area contributed by atoms with Crippen LogP contribution in [0.3, 0.4) is 0 Å². The standard InChI is InChI=1S/C20H21N5O3S2/c1-3-13-25-18(15-7-5-4-6-8-15)23-24-20(25)29-14(2)19(26)22-16-9-11-17(12-10-16)30(21,27)28/h3-12,14H,1,13H2,2H3,(H,22,26)(H2,21,27,28). The molecule has 3 aromatic rings. The second kappa shape index (κ2) is 9.24. The molecule has 10 heteroatoms. The SMILES string of the molecule is C=CCn1c(SC(C)C(=O)Nc2ccc(S(N)(=O)=O)cc2)nnc1-c1ccccc1. The zero-order chi connectivity index (χ0) is 21.7. The van der Waals surface area contributed by atoms with Crippen molar-refractivity contribution >= 4 is 33.4 Å². The van der Waals surface area contributed by atoms with E-state index in [2.05, 4.69) is 22.1 Å². The van der Waals surface area contributed by atoms with Crippen LogP contribution in [0, 0.1) is 0 Å². The number of sulfonamides is 1. The minimum absolute atomic E-state index is 0.0195. The van der Waals surface area contributed by atoms with Crippen LogP contribution in [-0.4, -0.2) is 34.3 Å². The summed E-state index contributed by atoms with van der Waals surface area (Å²) in [4.78, 5) is 12.6. The van der Waals surface area contributed by atoms with Crippen LogP contribution in [0.4, 0.5) is 5.69 Å². The zero-order valence-corrected chi connectivity index (χ0v) is 17.9. The normalized spacial score (nSPS) is 12.3. The highest BCUT2D eigenvalue weighted by Gasteiger charge is 2.20. The molecule has 0 aliphatic carbocycles. The third-order valence-corrected chi connectivity index (χ3v) is 6.17. The second-order valence-corrected chi connectivity index (χ2v) is 9.26. The number of primary sulfonamides is 1. The fraction of sp³-hybridized carbons (Fsp3) is 0.150. The molecule has 3 N–H and O–H groups in total. The van der Waals surface area contributed by atoms with E-state index in [9.17, 15) is 13.2 Å². The predicted octanol–water partition coefficient (Wildman–Crippen LogP) is 2.90. The number of amides is 1. The summed E-state index contributed by atoms with van der Waals surface area (Å²) in [5, 5.41) is 16.5. The van der Waals surface area contributed by atoms with E-state index in [-0.39, 0.29) is 10.8 Å². The number of allylic oxidation sites excluding steroid dienone is 1. The Balaban J connectivity index is 1.74. The van der Waals surface area contributed by atoms with Gasteiger partial charge in [0.2, 0.25) is 15.9 Å². The summed E-state index contributed by atoms with van der Waals surface area (Å²) in [5.41, 5.74) is 1.39. The molecule has 1 unspecified atom stereocenters. The van der Waals surface area contributed by atoms with Crippen molar-refractivity contribution in [2.75, 3.05) is 5.32 Å². The fourth-order valence-corrected chi connectivity index (χ4v) is 4.03. The van der Waals surface area contributed by atoms with E-state index in [4.69, 9.17) is 5.14 Å². The van der Waals surface area contributed by atoms with Crippen molar-refractivity contribution in [3.8, 4) is 11.4 Å². The molecule has 0 saturated carbocycles. The molecule has 1 atom stereocenters. The molecule has 0 bridgehead atoms. The van der Waals surface area contributed by atoms with Crippen molar-refractivity contribution < 1.29 is 13.2 Å². The van der Waals surface area contributed by atoms with Gasteiger partial charge >= 0.3 is 0 Å². The summed E-state index contributed by atoms with van der Waals surface area (Å²) >= 11 is 1.27. The molecule has 0 fully saturated rings. The van der Waals surface area contributed by atoms with Gasteiger partial charge in [0, 0.05) is 17.8 Å². The van der Waals surface area contributed by atoms with Gasteiger partial charge in [-0.05, 0) is 31.2 Å². The number of nitrogens with one attached hydrogen (secondary N) is 1. The monoisotopic (exact) mass is 443 g/mol. The molecule has 30 heavy (non-hydrogen) atoms. The lowest BCUT2D eigenvalue weighted by atomic mass is 10.2. The topological polar surface area (TPSA) is 120 Å². The van der Waals surface area contributed by atoms with Crippen LogP contribution in [0.15, 0.2) is 77.3 Å². The number of nitrogens with zero attached hydrogens (tertiary/aromatic N) is 3. The van der Waals surface area contributed by atoms with Gasteiger partial charge < -0.3 is 5.32 Å². The maximum Gasteiger partial charge on any atom is 0.238 e. The van der Waals surface area contributed by atoms with E-state index in [1.807, 2.05) is 34.9 Å². The van der Waals surface area contributed by atoms with Crippen LogP contribution in [0.5, 0.6) is 0 Å². The first-order valence-corrected chi connectivity index (χ1v) is 11.4. The summed E-state index contributed by atoms with van der Waals surface area (Å²) in [7, 11) is -3.78. The van der Waals surface area contributed by atoms with E-state index in [0.717, 1.165) is 5.56 Å². The predicted molar refractivity (Wildman–Crippen MR) is 117 cm³/mol. The third kappa shape index (κ3) is 5.15. The molecule has 2 aromatic carbocycles. The number of anilines is 1. The second-order valence-electron chi connectivity index (χ2n) is 6.39. The molecular weight excluding hydrogens is 422 g/mol. The summed E-state index contributed by atoms with van der Waals surface area (Å²) in [6.45, 7) is 6.05. The largest absolute Gasteiger partial charge is 0.325 e. The first-order chi connectivity index (χ1) is 14.3. The molecule has 0 aliphatic heterocycles. The Morgan fingerprint density at radius 3 is 2.47 bits per heavy atom. The highest BCUT2D eigenvalue weighted by molar-refractivity contribution is 8.00. The lowest BCUT2D eigenvalue weighted by Gasteiger charge is -2.13. The van der Waals surface area contributed by atoms with Gasteiger partial charge in [-0.3, -0.25) is 9.36 Å². The van der Waals surface area contributed by atoms with Gasteiger partial charge in [0.25, 0.3) is 0 Å². The molecule has 156 valence electrons. The first kappa shape index (κ1) is 21.8. The Hall–Kier alpha value is -2.95. The molecule has 0 saturated heterocycles. The van der Waals surface area contributed by atoms with Gasteiger partial charge in [0.05, 0.1) is 10.1 Å². The summed E-state index contributed by atoms with van der Waals surface area (Å²) < 4.78 is 24.6. The van der Waals surface area contributed by atoms with E-state index in [1.54, 1.807) is 13.0 Å². The van der Waals surface area contributed by atoms with Crippen LogP contribution in [0.2, 0.25) is 0 Å². The van der Waals surface area contributed by atoms with Gasteiger partial charge in [-0.2, -0.15) is 0 Å². The number of hydrogen-bond acceptors (Lipinski definition) is 6. The maximum absolute atomic E-state index is 12.6. The van der Waals surface area contributed by atoms with E-state index < -0.39 is 15.3 Å². The maximum atomic E-state index is 12.6. The number of carbonyl (C=O) groups is 1. The molecule has 0 spiro atoms. The minimum atomic E-state index is -3.78. The van der Waals surface area contributed by atoms with Crippen molar-refractivity contribution in [2.45, 2.75) is 28.8 Å². The van der Waals surface area contributed by atoms with Crippen LogP contribution < -0.4 is 10.5 Å². The molecular formula is C20H21N5O3S2. The molecule has 0 radical (unpaired) electrons. The van der Waals surface area contributed by atoms with Crippen LogP contribution in [0.25, 0.3) is 11.4 Å². The molecule has 3 rings (SSSR count). The van der Waals surface area contributed by atoms with Crippen LogP contribution in [-0.2, 0) is 21.4 Å². The summed E-state index contributed by atoms with van der Waals surface area (Å²) in [6.07, 6.45) is 1.75. The quantitative estimate of drug-likeness (QED) is 0.408. The average Bonchev–Trinajstić information content (AvgIpc) is 3.11. The van der Waals surface area contributed by atoms with Crippen molar-refractivity contribution in [1.82, 2.24) is 14.8 Å². The zero-order valence-electron chi connectivity index (χ0n) is 16.2. The van der Waals surface area contributed by atoms with E-state index >= 15 is 0 Å². The molecule has 1 heterocycles. The van der Waals surface area contributed by atoms with Gasteiger partial charge in [-0.15, -0.1) is 16.8 Å². The lowest BCUT2D eigenvalue weighted by molar-refractivity contribution is -0.115. The Morgan fingerprint density at radius 2 is 1.87 bits per heavy atom. The summed E-state index contributed by atoms with van der Waals surface area (Å²) in [6, 6.07) is 15.3. The van der Waals surface area contributed by atoms with Crippen molar-refractivity contribution in [2.24, 2.45) is 5.14 Å². The third-order valence-electron chi connectivity index (χ3n) is 4.16. The number of benzene rings is 2. The fourth-order valence-electron chi connectivity index (χ4n) is 2.65. The number of nitrogens with two attached hydrogens (primary N) is 1. The number of thioether (sulfide) groups is 1. The highest BCUT2D eigenvalue weighted by Crippen LogP contribution is 2.27. The highest BCUT2D eigenvalue weighted by atomic mass is 32.2. The number of carbonyl (C=O) groups excluding carboxylic acids is 1. The average molecular weight is 444 g/mol. The number of hydrogen-bond donors (Lipinski definition) is 2. The van der Waals surface area contributed by atoms with E-state index in [0.29, 0.717) is 23.2 Å². The van der Waals surface area contributed by atoms with Crippen molar-refractivity contribution in [3.63, 3.8) is 0 Å².